The Morgan fingerprint density at radius 1 is 0.833 bits per heavy atom. The van der Waals surface area contributed by atoms with Crippen molar-refractivity contribution in [2.45, 2.75) is 19.6 Å². The third kappa shape index (κ3) is 6.44. The Morgan fingerprint density at radius 3 is 2.37 bits per heavy atom. The predicted octanol–water partition coefficient (Wildman–Crippen LogP) is 7.22. The SMILES string of the molecule is COc1cc(CNCCc2ccc(Cl)cc2Cl)cc(Cl)c1OCc1cccc(Cl)c1. The molecule has 0 aromatic heterocycles. The second-order valence-corrected chi connectivity index (χ2v) is 8.38. The lowest BCUT2D eigenvalue weighted by Gasteiger charge is -2.15. The summed E-state index contributed by atoms with van der Waals surface area (Å²) in [5.41, 5.74) is 3.00. The van der Waals surface area contributed by atoms with Crippen molar-refractivity contribution in [3.05, 3.63) is 91.4 Å². The van der Waals surface area contributed by atoms with E-state index in [1.807, 2.05) is 48.5 Å². The molecule has 0 bridgehead atoms. The van der Waals surface area contributed by atoms with Crippen molar-refractivity contribution in [1.82, 2.24) is 5.32 Å². The van der Waals surface area contributed by atoms with Crippen LogP contribution >= 0.6 is 46.4 Å². The quantitative estimate of drug-likeness (QED) is 0.325. The Kier molecular flexibility index (Phi) is 8.55. The topological polar surface area (TPSA) is 30.5 Å². The molecule has 0 aliphatic heterocycles. The fourth-order valence-corrected chi connectivity index (χ4v) is 3.98. The summed E-state index contributed by atoms with van der Waals surface area (Å²) in [5, 5.41) is 5.86. The zero-order valence-electron chi connectivity index (χ0n) is 16.4. The molecule has 1 N–H and O–H groups in total. The van der Waals surface area contributed by atoms with Crippen LogP contribution in [0.25, 0.3) is 0 Å². The minimum atomic E-state index is 0.343. The van der Waals surface area contributed by atoms with Gasteiger partial charge in [0.25, 0.3) is 0 Å². The molecule has 7 heteroatoms. The van der Waals surface area contributed by atoms with Gasteiger partial charge in [0.05, 0.1) is 12.1 Å². The lowest BCUT2D eigenvalue weighted by molar-refractivity contribution is 0.284. The van der Waals surface area contributed by atoms with E-state index >= 15 is 0 Å². The smallest absolute Gasteiger partial charge is 0.180 e. The van der Waals surface area contributed by atoms with Crippen LogP contribution in [-0.2, 0) is 19.6 Å². The standard InChI is InChI=1S/C23H21Cl4NO2/c1-29-22-11-16(13-28-8-7-17-5-6-19(25)12-20(17)26)10-21(27)23(22)30-14-15-3-2-4-18(24)9-15/h2-6,9-12,28H,7-8,13-14H2,1H3. The number of hydrogen-bond donors (Lipinski definition) is 1. The molecule has 30 heavy (non-hydrogen) atoms. The van der Waals surface area contributed by atoms with Crippen LogP contribution in [0.15, 0.2) is 54.6 Å². The molecule has 0 spiro atoms. The molecule has 0 saturated carbocycles. The van der Waals surface area contributed by atoms with E-state index in [4.69, 9.17) is 55.9 Å². The van der Waals surface area contributed by atoms with Gasteiger partial charge in [0.15, 0.2) is 11.5 Å². The minimum Gasteiger partial charge on any atom is -0.493 e. The van der Waals surface area contributed by atoms with Crippen molar-refractivity contribution >= 4 is 46.4 Å². The first-order valence-electron chi connectivity index (χ1n) is 9.34. The van der Waals surface area contributed by atoms with E-state index in [1.165, 1.54) is 0 Å². The van der Waals surface area contributed by atoms with Gasteiger partial charge in [-0.05, 0) is 66.1 Å². The van der Waals surface area contributed by atoms with E-state index < -0.39 is 0 Å². The molecule has 158 valence electrons. The maximum Gasteiger partial charge on any atom is 0.180 e. The number of ether oxygens (including phenoxy) is 2. The Labute approximate surface area is 196 Å². The molecular weight excluding hydrogens is 464 g/mol. The van der Waals surface area contributed by atoms with Gasteiger partial charge in [0.2, 0.25) is 0 Å². The average Bonchev–Trinajstić information content (AvgIpc) is 2.71. The lowest BCUT2D eigenvalue weighted by Crippen LogP contribution is -2.17. The summed E-state index contributed by atoms with van der Waals surface area (Å²) in [6, 6.07) is 16.8. The Balaban J connectivity index is 1.59. The third-order valence-corrected chi connectivity index (χ3v) is 5.58. The highest BCUT2D eigenvalue weighted by atomic mass is 35.5. The van der Waals surface area contributed by atoms with Crippen molar-refractivity contribution < 1.29 is 9.47 Å². The van der Waals surface area contributed by atoms with E-state index in [2.05, 4.69) is 5.32 Å². The van der Waals surface area contributed by atoms with Crippen LogP contribution in [0.4, 0.5) is 0 Å². The van der Waals surface area contributed by atoms with Gasteiger partial charge in [-0.2, -0.15) is 0 Å². The number of nitrogens with one attached hydrogen (secondary N) is 1. The Bertz CT molecular complexity index is 1010. The van der Waals surface area contributed by atoms with Crippen LogP contribution in [0.3, 0.4) is 0 Å². The molecular formula is C23H21Cl4NO2. The summed E-state index contributed by atoms with van der Waals surface area (Å²) in [7, 11) is 1.59. The molecule has 0 heterocycles. The Hall–Kier alpha value is -1.62. The molecule has 3 rings (SSSR count). The van der Waals surface area contributed by atoms with Gasteiger partial charge in [-0.15, -0.1) is 0 Å². The molecule has 0 radical (unpaired) electrons. The maximum absolute atomic E-state index is 6.47. The molecule has 0 amide bonds. The van der Waals surface area contributed by atoms with Crippen molar-refractivity contribution in [2.75, 3.05) is 13.7 Å². The van der Waals surface area contributed by atoms with Gasteiger partial charge >= 0.3 is 0 Å². The number of benzene rings is 3. The highest BCUT2D eigenvalue weighted by Crippen LogP contribution is 2.37. The monoisotopic (exact) mass is 483 g/mol. The lowest BCUT2D eigenvalue weighted by atomic mass is 10.1. The highest BCUT2D eigenvalue weighted by molar-refractivity contribution is 6.35. The fourth-order valence-electron chi connectivity index (χ4n) is 2.98. The number of hydrogen-bond acceptors (Lipinski definition) is 3. The fraction of sp³-hybridized carbons (Fsp3) is 0.217. The molecule has 0 atom stereocenters. The van der Waals surface area contributed by atoms with Crippen molar-refractivity contribution in [1.29, 1.82) is 0 Å². The molecule has 0 saturated heterocycles. The second-order valence-electron chi connectivity index (χ2n) is 6.69. The minimum absolute atomic E-state index is 0.343. The van der Waals surface area contributed by atoms with Crippen LogP contribution in [0.2, 0.25) is 20.1 Å². The van der Waals surface area contributed by atoms with Gasteiger partial charge in [0.1, 0.15) is 6.61 Å². The Morgan fingerprint density at radius 2 is 1.63 bits per heavy atom. The summed E-state index contributed by atoms with van der Waals surface area (Å²) in [6.45, 7) is 1.74. The first-order valence-corrected chi connectivity index (χ1v) is 10.9. The summed E-state index contributed by atoms with van der Waals surface area (Å²) >= 11 is 24.6. The molecule has 0 fully saturated rings. The summed E-state index contributed by atoms with van der Waals surface area (Å²) < 4.78 is 11.4. The molecule has 0 aliphatic rings. The van der Waals surface area contributed by atoms with Crippen LogP contribution < -0.4 is 14.8 Å². The molecule has 0 aliphatic carbocycles. The second kappa shape index (κ2) is 11.1. The van der Waals surface area contributed by atoms with Gasteiger partial charge in [0, 0.05) is 21.6 Å². The molecule has 3 aromatic rings. The third-order valence-electron chi connectivity index (χ3n) is 4.48. The van der Waals surface area contributed by atoms with E-state index in [9.17, 15) is 0 Å². The zero-order valence-corrected chi connectivity index (χ0v) is 19.4. The zero-order chi connectivity index (χ0) is 21.5. The first-order chi connectivity index (χ1) is 14.5. The predicted molar refractivity (Wildman–Crippen MR) is 126 cm³/mol. The van der Waals surface area contributed by atoms with E-state index in [-0.39, 0.29) is 0 Å². The molecule has 3 nitrogen and oxygen atoms in total. The highest BCUT2D eigenvalue weighted by Gasteiger charge is 2.13. The average molecular weight is 485 g/mol. The normalized spacial score (nSPS) is 10.8. The number of methoxy groups -OCH3 is 1. The van der Waals surface area contributed by atoms with Gasteiger partial charge in [-0.1, -0.05) is 64.6 Å². The van der Waals surface area contributed by atoms with Gasteiger partial charge in [-0.3, -0.25) is 0 Å². The van der Waals surface area contributed by atoms with E-state index in [0.29, 0.717) is 44.7 Å². The van der Waals surface area contributed by atoms with Gasteiger partial charge < -0.3 is 14.8 Å². The molecule has 3 aromatic carbocycles. The van der Waals surface area contributed by atoms with Crippen LogP contribution in [0, 0.1) is 0 Å². The van der Waals surface area contributed by atoms with Gasteiger partial charge in [-0.25, -0.2) is 0 Å². The van der Waals surface area contributed by atoms with E-state index in [1.54, 1.807) is 13.2 Å². The first kappa shape index (κ1) is 23.1. The summed E-state index contributed by atoms with van der Waals surface area (Å²) in [4.78, 5) is 0. The van der Waals surface area contributed by atoms with Crippen LogP contribution in [-0.4, -0.2) is 13.7 Å². The molecule has 0 unspecified atom stereocenters. The maximum atomic E-state index is 6.47. The largest absolute Gasteiger partial charge is 0.493 e. The van der Waals surface area contributed by atoms with Crippen molar-refractivity contribution in [2.24, 2.45) is 0 Å². The van der Waals surface area contributed by atoms with E-state index in [0.717, 1.165) is 29.7 Å². The van der Waals surface area contributed by atoms with Crippen LogP contribution in [0.5, 0.6) is 11.5 Å². The number of rotatable bonds is 9. The summed E-state index contributed by atoms with van der Waals surface area (Å²) in [5.74, 6) is 1.10. The summed E-state index contributed by atoms with van der Waals surface area (Å²) in [6.07, 6.45) is 0.793. The van der Waals surface area contributed by atoms with Crippen molar-refractivity contribution in [3.8, 4) is 11.5 Å². The number of halogens is 4. The van der Waals surface area contributed by atoms with Crippen molar-refractivity contribution in [3.63, 3.8) is 0 Å². The van der Waals surface area contributed by atoms with Crippen LogP contribution in [0.1, 0.15) is 16.7 Å².